The summed E-state index contributed by atoms with van der Waals surface area (Å²) in [7, 11) is 0. The molecule has 0 spiro atoms. The van der Waals surface area contributed by atoms with Gasteiger partial charge in [-0.1, -0.05) is 6.07 Å². The van der Waals surface area contributed by atoms with Gasteiger partial charge in [0.2, 0.25) is 6.39 Å². The predicted molar refractivity (Wildman–Crippen MR) is 120 cm³/mol. The Bertz CT molecular complexity index is 1380. The normalized spacial score (nSPS) is 11.2. The van der Waals surface area contributed by atoms with Gasteiger partial charge in [-0.05, 0) is 48.7 Å². The number of benzene rings is 2. The highest BCUT2D eigenvalue weighted by molar-refractivity contribution is 6.00. The molecule has 0 amide bonds. The molecule has 7 nitrogen and oxygen atoms in total. The molecular formula is C24H20F2N6O. The van der Waals surface area contributed by atoms with E-state index in [9.17, 15) is 8.78 Å². The van der Waals surface area contributed by atoms with Crippen molar-refractivity contribution < 1.29 is 13.2 Å². The van der Waals surface area contributed by atoms with Crippen LogP contribution in [0.4, 0.5) is 14.5 Å². The molecule has 0 saturated carbocycles. The number of rotatable bonds is 7. The van der Waals surface area contributed by atoms with Crippen molar-refractivity contribution in [3.63, 3.8) is 0 Å². The number of halogens is 2. The van der Waals surface area contributed by atoms with Crippen LogP contribution in [0, 0.1) is 18.6 Å². The molecule has 3 aromatic heterocycles. The monoisotopic (exact) mass is 446 g/mol. The lowest BCUT2D eigenvalue weighted by molar-refractivity contribution is 0.568. The Morgan fingerprint density at radius 1 is 1.12 bits per heavy atom. The molecule has 33 heavy (non-hydrogen) atoms. The van der Waals surface area contributed by atoms with Crippen molar-refractivity contribution in [2.45, 2.75) is 19.9 Å². The van der Waals surface area contributed by atoms with Crippen LogP contribution in [-0.2, 0) is 6.54 Å². The molecule has 0 aliphatic heterocycles. The van der Waals surface area contributed by atoms with Crippen molar-refractivity contribution in [1.29, 1.82) is 0 Å². The third-order valence-electron chi connectivity index (χ3n) is 5.39. The van der Waals surface area contributed by atoms with Gasteiger partial charge in [-0.3, -0.25) is 4.98 Å². The topological polar surface area (TPSA) is 81.7 Å². The molecule has 0 atom stereocenters. The zero-order chi connectivity index (χ0) is 22.8. The van der Waals surface area contributed by atoms with E-state index in [0.29, 0.717) is 45.7 Å². The second-order valence-electron chi connectivity index (χ2n) is 7.71. The number of aromatic nitrogens is 5. The Morgan fingerprint density at radius 3 is 2.70 bits per heavy atom. The summed E-state index contributed by atoms with van der Waals surface area (Å²) >= 11 is 0. The molecule has 2 aromatic carbocycles. The van der Waals surface area contributed by atoms with Gasteiger partial charge in [0.15, 0.2) is 0 Å². The van der Waals surface area contributed by atoms with Crippen LogP contribution in [0.15, 0.2) is 66.1 Å². The van der Waals surface area contributed by atoms with E-state index in [2.05, 4.69) is 25.5 Å². The first-order valence-electron chi connectivity index (χ1n) is 10.4. The van der Waals surface area contributed by atoms with E-state index in [1.54, 1.807) is 43.8 Å². The highest BCUT2D eigenvalue weighted by Crippen LogP contribution is 2.36. The first-order valence-corrected chi connectivity index (χ1v) is 10.4. The maximum atomic E-state index is 14.7. The molecule has 0 aliphatic rings. The predicted octanol–water partition coefficient (Wildman–Crippen LogP) is 5.24. The smallest absolute Gasteiger partial charge is 0.251 e. The molecule has 0 unspecified atom stereocenters. The Morgan fingerprint density at radius 2 is 1.97 bits per heavy atom. The quantitative estimate of drug-likeness (QED) is 0.345. The van der Waals surface area contributed by atoms with Gasteiger partial charge in [-0.25, -0.2) is 13.8 Å². The van der Waals surface area contributed by atoms with Gasteiger partial charge in [0.05, 0.1) is 28.7 Å². The van der Waals surface area contributed by atoms with Crippen molar-refractivity contribution in [3.05, 3.63) is 78.8 Å². The Hall–Kier alpha value is -4.14. The van der Waals surface area contributed by atoms with E-state index >= 15 is 0 Å². The number of aryl methyl sites for hydroxylation is 2. The summed E-state index contributed by atoms with van der Waals surface area (Å²) in [6.07, 6.45) is 9.13. The van der Waals surface area contributed by atoms with E-state index in [1.165, 1.54) is 18.5 Å². The molecule has 5 aromatic rings. The molecule has 0 radical (unpaired) electrons. The first-order chi connectivity index (χ1) is 16.1. The van der Waals surface area contributed by atoms with Gasteiger partial charge in [-0.2, -0.15) is 0 Å². The lowest BCUT2D eigenvalue weighted by atomic mass is 9.99. The number of pyridine rings is 1. The molecule has 1 N–H and O–H groups in total. The molecule has 9 heteroatoms. The van der Waals surface area contributed by atoms with Crippen LogP contribution in [0.2, 0.25) is 0 Å². The van der Waals surface area contributed by atoms with Crippen LogP contribution in [0.3, 0.4) is 0 Å². The Labute approximate surface area is 188 Å². The number of nitrogens with zero attached hydrogens (tertiary/aromatic N) is 5. The third-order valence-corrected chi connectivity index (χ3v) is 5.39. The van der Waals surface area contributed by atoms with Crippen molar-refractivity contribution in [2.75, 3.05) is 11.9 Å². The highest BCUT2D eigenvalue weighted by atomic mass is 19.1. The molecule has 0 fully saturated rings. The number of imidazole rings is 1. The second kappa shape index (κ2) is 8.78. The fraction of sp³-hybridized carbons (Fsp3) is 0.167. The minimum atomic E-state index is -0.609. The molecule has 0 aliphatic carbocycles. The lowest BCUT2D eigenvalue weighted by Crippen LogP contribution is -2.07. The molecule has 166 valence electrons. The number of hydrogen-bond acceptors (Lipinski definition) is 6. The van der Waals surface area contributed by atoms with Gasteiger partial charge in [0, 0.05) is 37.1 Å². The second-order valence-corrected chi connectivity index (χ2v) is 7.71. The molecule has 5 rings (SSSR count). The summed E-state index contributed by atoms with van der Waals surface area (Å²) in [6, 6.07) is 7.80. The molecular weight excluding hydrogens is 426 g/mol. The average molecular weight is 446 g/mol. The van der Waals surface area contributed by atoms with Crippen molar-refractivity contribution in [3.8, 4) is 22.6 Å². The average Bonchev–Trinajstić information content (AvgIpc) is 3.50. The fourth-order valence-electron chi connectivity index (χ4n) is 3.86. The van der Waals surface area contributed by atoms with E-state index in [4.69, 9.17) is 4.42 Å². The van der Waals surface area contributed by atoms with Crippen LogP contribution in [0.25, 0.3) is 33.5 Å². The van der Waals surface area contributed by atoms with Crippen molar-refractivity contribution >= 4 is 16.6 Å². The van der Waals surface area contributed by atoms with Crippen molar-refractivity contribution in [2.24, 2.45) is 0 Å². The lowest BCUT2D eigenvalue weighted by Gasteiger charge is -2.15. The standard InChI is InChI=1S/C24H20F2N6O/c1-15-9-19(25)22(20(26)10-15)16-3-4-21-17(11-16)23(18(12-29-21)24-31-30-14-33-24)28-5-2-7-32-8-6-27-13-32/h3-4,6,8-14H,2,5,7H2,1H3,(H,28,29). The number of hydrogen-bond donors (Lipinski definition) is 1. The first kappa shape index (κ1) is 20.7. The van der Waals surface area contributed by atoms with E-state index in [1.807, 2.05) is 10.8 Å². The van der Waals surface area contributed by atoms with E-state index in [-0.39, 0.29) is 5.56 Å². The van der Waals surface area contributed by atoms with Crippen LogP contribution in [0.5, 0.6) is 0 Å². The summed E-state index contributed by atoms with van der Waals surface area (Å²) in [5.41, 5.74) is 2.87. The van der Waals surface area contributed by atoms with Gasteiger partial charge in [-0.15, -0.1) is 10.2 Å². The van der Waals surface area contributed by atoms with Crippen LogP contribution < -0.4 is 5.32 Å². The van der Waals surface area contributed by atoms with E-state index < -0.39 is 11.6 Å². The third kappa shape index (κ3) is 4.17. The van der Waals surface area contributed by atoms with Gasteiger partial charge in [0.25, 0.3) is 5.89 Å². The summed E-state index contributed by atoms with van der Waals surface area (Å²) in [6.45, 7) is 3.08. The van der Waals surface area contributed by atoms with Gasteiger partial charge >= 0.3 is 0 Å². The minimum absolute atomic E-state index is 0.0725. The van der Waals surface area contributed by atoms with Crippen LogP contribution in [-0.4, -0.2) is 31.3 Å². The fourth-order valence-corrected chi connectivity index (χ4v) is 3.86. The van der Waals surface area contributed by atoms with Crippen molar-refractivity contribution in [1.82, 2.24) is 24.7 Å². The summed E-state index contributed by atoms with van der Waals surface area (Å²) < 4.78 is 36.7. The summed E-state index contributed by atoms with van der Waals surface area (Å²) in [4.78, 5) is 8.54. The van der Waals surface area contributed by atoms with Gasteiger partial charge in [0.1, 0.15) is 11.6 Å². The minimum Gasteiger partial charge on any atom is -0.423 e. The summed E-state index contributed by atoms with van der Waals surface area (Å²) in [5, 5.41) is 11.9. The number of anilines is 1. The Kier molecular flexibility index (Phi) is 5.52. The molecule has 0 bridgehead atoms. The zero-order valence-corrected chi connectivity index (χ0v) is 17.8. The number of fused-ring (bicyclic) bond motifs is 1. The maximum Gasteiger partial charge on any atom is 0.251 e. The van der Waals surface area contributed by atoms with Gasteiger partial charge < -0.3 is 14.3 Å². The number of nitrogens with one attached hydrogen (secondary N) is 1. The maximum absolute atomic E-state index is 14.7. The largest absolute Gasteiger partial charge is 0.423 e. The zero-order valence-electron chi connectivity index (χ0n) is 17.8. The summed E-state index contributed by atoms with van der Waals surface area (Å²) in [5.74, 6) is -0.912. The highest BCUT2D eigenvalue weighted by Gasteiger charge is 2.18. The molecule has 0 saturated heterocycles. The van der Waals surface area contributed by atoms with E-state index in [0.717, 1.165) is 13.0 Å². The molecule has 3 heterocycles. The van der Waals surface area contributed by atoms with Crippen LogP contribution in [0.1, 0.15) is 12.0 Å². The Balaban J connectivity index is 1.56. The SMILES string of the molecule is Cc1cc(F)c(-c2ccc3ncc(-c4nnco4)c(NCCCn4ccnc4)c3c2)c(F)c1. The van der Waals surface area contributed by atoms with Crippen LogP contribution >= 0.6 is 0 Å².